The fourth-order valence-electron chi connectivity index (χ4n) is 1.89. The summed E-state index contributed by atoms with van der Waals surface area (Å²) in [6, 6.07) is 1.76. The third-order valence-corrected chi connectivity index (χ3v) is 3.14. The Labute approximate surface area is 133 Å². The monoisotopic (exact) mass is 328 g/mol. The van der Waals surface area contributed by atoms with Gasteiger partial charge < -0.3 is 25.2 Å². The number of ether oxygens (including phenoxy) is 2. The average molecular weight is 328 g/mol. The Morgan fingerprint density at radius 1 is 1.22 bits per heavy atom. The highest BCUT2D eigenvalue weighted by molar-refractivity contribution is 5.90. The number of anilines is 1. The van der Waals surface area contributed by atoms with E-state index < -0.39 is 23.4 Å². The Hall–Kier alpha value is -2.51. The van der Waals surface area contributed by atoms with Gasteiger partial charge >= 0.3 is 12.0 Å². The quantitative estimate of drug-likeness (QED) is 0.715. The average Bonchev–Trinajstić information content (AvgIpc) is 2.46. The molecule has 0 bridgehead atoms. The van der Waals surface area contributed by atoms with Gasteiger partial charge in [-0.05, 0) is 20.3 Å². The molecule has 0 heterocycles. The molecule has 0 spiro atoms. The van der Waals surface area contributed by atoms with Gasteiger partial charge in [-0.1, -0.05) is 0 Å². The molecule has 23 heavy (non-hydrogen) atoms. The van der Waals surface area contributed by atoms with E-state index in [0.29, 0.717) is 0 Å². The second kappa shape index (κ2) is 7.66. The summed E-state index contributed by atoms with van der Waals surface area (Å²) >= 11 is 0. The number of methoxy groups -OCH3 is 2. The summed E-state index contributed by atoms with van der Waals surface area (Å²) in [4.78, 5) is 22.6. The van der Waals surface area contributed by atoms with E-state index >= 15 is 0 Å². The van der Waals surface area contributed by atoms with Crippen molar-refractivity contribution in [3.05, 3.63) is 17.9 Å². The number of halogens is 1. The fraction of sp³-hybridized carbons (Fsp3) is 0.467. The van der Waals surface area contributed by atoms with Crippen molar-refractivity contribution in [2.75, 3.05) is 19.5 Å². The number of rotatable bonds is 7. The lowest BCUT2D eigenvalue weighted by atomic mass is 9.99. The standard InChI is InChI=1S/C15H21FN2O5/c1-15(2,6-5-13(19)20)18-14(21)17-10-8-12(23-4)11(22-3)7-9(10)16/h7-8H,5-6H2,1-4H3,(H,19,20)(H2,17,18,21). The molecule has 0 saturated carbocycles. The molecule has 3 N–H and O–H groups in total. The van der Waals surface area contributed by atoms with Gasteiger partial charge in [0.2, 0.25) is 0 Å². The highest BCUT2D eigenvalue weighted by atomic mass is 19.1. The van der Waals surface area contributed by atoms with Crippen LogP contribution < -0.4 is 20.1 Å². The van der Waals surface area contributed by atoms with Gasteiger partial charge in [-0.15, -0.1) is 0 Å². The maximum Gasteiger partial charge on any atom is 0.319 e. The predicted molar refractivity (Wildman–Crippen MR) is 82.6 cm³/mol. The minimum Gasteiger partial charge on any atom is -0.493 e. The summed E-state index contributed by atoms with van der Waals surface area (Å²) in [5.74, 6) is -1.15. The van der Waals surface area contributed by atoms with Gasteiger partial charge in [0.15, 0.2) is 17.3 Å². The van der Waals surface area contributed by atoms with Crippen LogP contribution in [-0.2, 0) is 4.79 Å². The van der Waals surface area contributed by atoms with Crippen LogP contribution in [0.15, 0.2) is 12.1 Å². The molecule has 1 aromatic carbocycles. The molecule has 128 valence electrons. The van der Waals surface area contributed by atoms with Gasteiger partial charge in [0.1, 0.15) is 0 Å². The van der Waals surface area contributed by atoms with E-state index in [1.54, 1.807) is 13.8 Å². The van der Waals surface area contributed by atoms with Crippen LogP contribution >= 0.6 is 0 Å². The van der Waals surface area contributed by atoms with Crippen LogP contribution in [0.5, 0.6) is 11.5 Å². The van der Waals surface area contributed by atoms with Gasteiger partial charge in [-0.25, -0.2) is 9.18 Å². The Morgan fingerprint density at radius 2 is 1.78 bits per heavy atom. The minimum atomic E-state index is -0.953. The van der Waals surface area contributed by atoms with Gasteiger partial charge in [0.05, 0.1) is 19.9 Å². The number of nitrogens with one attached hydrogen (secondary N) is 2. The SMILES string of the molecule is COc1cc(F)c(NC(=O)NC(C)(C)CCC(=O)O)cc1OC. The van der Waals surface area contributed by atoms with E-state index in [4.69, 9.17) is 14.6 Å². The van der Waals surface area contributed by atoms with Crippen molar-refractivity contribution < 1.29 is 28.6 Å². The minimum absolute atomic E-state index is 0.0748. The lowest BCUT2D eigenvalue weighted by Gasteiger charge is -2.25. The fourth-order valence-corrected chi connectivity index (χ4v) is 1.89. The van der Waals surface area contributed by atoms with Crippen molar-refractivity contribution in [1.82, 2.24) is 5.32 Å². The van der Waals surface area contributed by atoms with E-state index in [2.05, 4.69) is 10.6 Å². The molecule has 8 heteroatoms. The second-order valence-electron chi connectivity index (χ2n) is 5.54. The number of urea groups is 1. The van der Waals surface area contributed by atoms with Crippen LogP contribution in [0.1, 0.15) is 26.7 Å². The molecule has 7 nitrogen and oxygen atoms in total. The number of amides is 2. The molecular weight excluding hydrogens is 307 g/mol. The van der Waals surface area contributed by atoms with E-state index in [0.717, 1.165) is 6.07 Å². The van der Waals surface area contributed by atoms with Crippen LogP contribution in [0.25, 0.3) is 0 Å². The molecule has 0 radical (unpaired) electrons. The van der Waals surface area contributed by atoms with Gasteiger partial charge in [0.25, 0.3) is 0 Å². The summed E-state index contributed by atoms with van der Waals surface area (Å²) in [7, 11) is 2.77. The summed E-state index contributed by atoms with van der Waals surface area (Å²) in [6.07, 6.45) is 0.155. The number of carboxylic acid groups (broad SMARTS) is 1. The largest absolute Gasteiger partial charge is 0.493 e. The number of hydrogen-bond donors (Lipinski definition) is 3. The molecule has 0 aliphatic carbocycles. The first-order valence-electron chi connectivity index (χ1n) is 6.91. The van der Waals surface area contributed by atoms with Crippen molar-refractivity contribution in [2.45, 2.75) is 32.2 Å². The Balaban J connectivity index is 2.79. The second-order valence-corrected chi connectivity index (χ2v) is 5.54. The molecule has 0 unspecified atom stereocenters. The van der Waals surface area contributed by atoms with Gasteiger partial charge in [0, 0.05) is 24.1 Å². The normalized spacial score (nSPS) is 10.8. The summed E-state index contributed by atoms with van der Waals surface area (Å²) in [6.45, 7) is 3.36. The first-order valence-corrected chi connectivity index (χ1v) is 6.91. The zero-order valence-corrected chi connectivity index (χ0v) is 13.5. The van der Waals surface area contributed by atoms with Crippen LogP contribution in [0.3, 0.4) is 0 Å². The number of aliphatic carboxylic acids is 1. The third-order valence-electron chi connectivity index (χ3n) is 3.14. The lowest BCUT2D eigenvalue weighted by molar-refractivity contribution is -0.137. The summed E-state index contributed by atoms with van der Waals surface area (Å²) in [5.41, 5.74) is -0.829. The first-order chi connectivity index (χ1) is 10.7. The van der Waals surface area contributed by atoms with E-state index in [9.17, 15) is 14.0 Å². The van der Waals surface area contributed by atoms with Gasteiger partial charge in [-0.2, -0.15) is 0 Å². The van der Waals surface area contributed by atoms with Gasteiger partial charge in [-0.3, -0.25) is 4.79 Å². The summed E-state index contributed by atoms with van der Waals surface area (Å²) in [5, 5.41) is 13.7. The van der Waals surface area contributed by atoms with Crippen molar-refractivity contribution in [3.8, 4) is 11.5 Å². The molecule has 1 aromatic rings. The molecular formula is C15H21FN2O5. The van der Waals surface area contributed by atoms with E-state index in [1.807, 2.05) is 0 Å². The van der Waals surface area contributed by atoms with E-state index in [-0.39, 0.29) is 30.0 Å². The molecule has 0 aliphatic heterocycles. The maximum atomic E-state index is 13.9. The maximum absolute atomic E-state index is 13.9. The number of carbonyl (C=O) groups is 2. The summed E-state index contributed by atoms with van der Waals surface area (Å²) < 4.78 is 24.0. The van der Waals surface area contributed by atoms with Crippen LogP contribution in [0.2, 0.25) is 0 Å². The van der Waals surface area contributed by atoms with E-state index in [1.165, 1.54) is 20.3 Å². The zero-order valence-electron chi connectivity index (χ0n) is 13.5. The highest BCUT2D eigenvalue weighted by Crippen LogP contribution is 2.32. The lowest BCUT2D eigenvalue weighted by Crippen LogP contribution is -2.45. The number of carboxylic acids is 1. The van der Waals surface area contributed by atoms with Crippen LogP contribution in [0.4, 0.5) is 14.9 Å². The molecule has 0 atom stereocenters. The first kappa shape index (κ1) is 18.5. The topological polar surface area (TPSA) is 96.9 Å². The van der Waals surface area contributed by atoms with Crippen LogP contribution in [0, 0.1) is 5.82 Å². The van der Waals surface area contributed by atoms with Crippen LogP contribution in [-0.4, -0.2) is 36.9 Å². The molecule has 0 saturated heterocycles. The molecule has 0 aromatic heterocycles. The van der Waals surface area contributed by atoms with Crippen molar-refractivity contribution in [1.29, 1.82) is 0 Å². The molecule has 2 amide bonds. The smallest absolute Gasteiger partial charge is 0.319 e. The zero-order chi connectivity index (χ0) is 17.6. The van der Waals surface area contributed by atoms with Crippen molar-refractivity contribution in [3.63, 3.8) is 0 Å². The highest BCUT2D eigenvalue weighted by Gasteiger charge is 2.22. The van der Waals surface area contributed by atoms with Crippen molar-refractivity contribution in [2.24, 2.45) is 0 Å². The van der Waals surface area contributed by atoms with Crippen molar-refractivity contribution >= 4 is 17.7 Å². The molecule has 1 rings (SSSR count). The molecule has 0 aliphatic rings. The number of benzene rings is 1. The Morgan fingerprint density at radius 3 is 2.30 bits per heavy atom. The predicted octanol–water partition coefficient (Wildman–Crippen LogP) is 2.61. The Kier molecular flexibility index (Phi) is 6.18. The molecule has 0 fully saturated rings. The third kappa shape index (κ3) is 5.65. The Bertz CT molecular complexity index is 589. The number of hydrogen-bond acceptors (Lipinski definition) is 4. The number of carbonyl (C=O) groups excluding carboxylic acids is 1.